The fraction of sp³-hybridized carbons (Fsp3) is 0.333. The lowest BCUT2D eigenvalue weighted by Crippen LogP contribution is -2.52. The summed E-state index contributed by atoms with van der Waals surface area (Å²) in [6.07, 6.45) is 1.39. The Bertz CT molecular complexity index is 1350. The number of carbonyl (C=O) groups excluding carboxylic acids is 6. The monoisotopic (exact) mass is 502 g/mol. The van der Waals surface area contributed by atoms with Crippen LogP contribution < -0.4 is 10.6 Å². The normalized spacial score (nSPS) is 22.7. The van der Waals surface area contributed by atoms with Crippen LogP contribution in [-0.2, 0) is 32.3 Å². The van der Waals surface area contributed by atoms with Gasteiger partial charge in [-0.1, -0.05) is 35.9 Å². The van der Waals surface area contributed by atoms with Gasteiger partial charge in [0.2, 0.25) is 23.6 Å². The van der Waals surface area contributed by atoms with E-state index in [1.54, 1.807) is 15.9 Å². The first-order chi connectivity index (χ1) is 17.7. The molecule has 6 rings (SSSR count). The molecule has 0 saturated carbocycles. The molecule has 0 aliphatic carbocycles. The van der Waals surface area contributed by atoms with Crippen LogP contribution >= 0.6 is 0 Å². The van der Waals surface area contributed by atoms with E-state index >= 15 is 0 Å². The molecule has 4 aliphatic heterocycles. The van der Waals surface area contributed by atoms with Gasteiger partial charge in [0.25, 0.3) is 11.8 Å². The number of imide groups is 2. The van der Waals surface area contributed by atoms with Crippen LogP contribution in [0, 0.1) is 6.92 Å². The number of fused-ring (bicyclic) bond motifs is 2. The van der Waals surface area contributed by atoms with Crippen molar-refractivity contribution in [2.45, 2.75) is 57.8 Å². The van der Waals surface area contributed by atoms with Gasteiger partial charge in [-0.05, 0) is 43.0 Å². The predicted molar refractivity (Wildman–Crippen MR) is 130 cm³/mol. The summed E-state index contributed by atoms with van der Waals surface area (Å²) in [6, 6.07) is 12.0. The molecule has 0 bridgehead atoms. The second kappa shape index (κ2) is 9.61. The van der Waals surface area contributed by atoms with Crippen molar-refractivity contribution < 1.29 is 28.8 Å². The Morgan fingerprint density at radius 1 is 0.676 bits per heavy atom. The Hall–Kier alpha value is -4.34. The Balaban J connectivity index is 0.000000152. The predicted octanol–water partition coefficient (Wildman–Crippen LogP) is 1.20. The molecule has 0 radical (unpaired) electrons. The summed E-state index contributed by atoms with van der Waals surface area (Å²) in [5.41, 5.74) is 4.23. The number of nitrogens with one attached hydrogen (secondary N) is 2. The van der Waals surface area contributed by atoms with Gasteiger partial charge in [-0.2, -0.15) is 0 Å². The van der Waals surface area contributed by atoms with E-state index < -0.39 is 12.1 Å². The Kier molecular flexibility index (Phi) is 6.32. The van der Waals surface area contributed by atoms with Crippen molar-refractivity contribution in [1.82, 2.24) is 20.4 Å². The number of nitrogens with zero attached hydrogens (tertiary/aromatic N) is 2. The van der Waals surface area contributed by atoms with Crippen LogP contribution in [0.5, 0.6) is 0 Å². The zero-order chi connectivity index (χ0) is 26.3. The summed E-state index contributed by atoms with van der Waals surface area (Å²) in [6.45, 7) is 2.82. The number of piperidine rings is 2. The average Bonchev–Trinajstić information content (AvgIpc) is 3.36. The maximum Gasteiger partial charge on any atom is 0.255 e. The van der Waals surface area contributed by atoms with Crippen LogP contribution in [0.25, 0.3) is 0 Å². The molecule has 2 aromatic carbocycles. The third-order valence-corrected chi connectivity index (χ3v) is 7.12. The molecule has 6 amide bonds. The topological polar surface area (TPSA) is 133 Å². The van der Waals surface area contributed by atoms with Crippen LogP contribution in [0.3, 0.4) is 0 Å². The lowest BCUT2D eigenvalue weighted by atomic mass is 10.0. The molecular weight excluding hydrogens is 476 g/mol. The zero-order valence-corrected chi connectivity index (χ0v) is 20.3. The number of carbonyl (C=O) groups is 6. The highest BCUT2D eigenvalue weighted by molar-refractivity contribution is 6.06. The van der Waals surface area contributed by atoms with Crippen molar-refractivity contribution in [3.05, 3.63) is 70.3 Å². The number of amides is 6. The van der Waals surface area contributed by atoms with Crippen molar-refractivity contribution in [2.75, 3.05) is 0 Å². The lowest BCUT2D eigenvalue weighted by molar-refractivity contribution is -0.138. The fourth-order valence-electron chi connectivity index (χ4n) is 5.18. The Morgan fingerprint density at radius 3 is 1.73 bits per heavy atom. The van der Waals surface area contributed by atoms with Crippen molar-refractivity contribution in [3.63, 3.8) is 0 Å². The number of benzene rings is 2. The zero-order valence-electron chi connectivity index (χ0n) is 20.3. The largest absolute Gasteiger partial charge is 0.322 e. The molecule has 37 heavy (non-hydrogen) atoms. The molecule has 2 unspecified atom stereocenters. The highest BCUT2D eigenvalue weighted by Crippen LogP contribution is 2.28. The van der Waals surface area contributed by atoms with Crippen LogP contribution in [0.2, 0.25) is 0 Å². The van der Waals surface area contributed by atoms with E-state index in [1.807, 2.05) is 43.3 Å². The van der Waals surface area contributed by atoms with Crippen molar-refractivity contribution >= 4 is 35.4 Å². The van der Waals surface area contributed by atoms with Gasteiger partial charge in [0.15, 0.2) is 0 Å². The van der Waals surface area contributed by atoms with E-state index in [2.05, 4.69) is 10.6 Å². The molecule has 0 spiro atoms. The first-order valence-corrected chi connectivity index (χ1v) is 12.2. The maximum absolute atomic E-state index is 12.3. The van der Waals surface area contributed by atoms with Crippen LogP contribution in [0.15, 0.2) is 42.5 Å². The number of rotatable bonds is 2. The van der Waals surface area contributed by atoms with E-state index in [1.165, 1.54) is 0 Å². The fourth-order valence-corrected chi connectivity index (χ4v) is 5.18. The van der Waals surface area contributed by atoms with E-state index in [0.29, 0.717) is 37.1 Å². The SMILES string of the molecule is Cc1ccc2c(c1)C(=O)N(C1CCC(=O)NC1=O)C2.O=C1CCC(N2Cc3ccccc3C2=O)C(=O)N1. The first kappa shape index (κ1) is 24.4. The number of aryl methyl sites for hydroxylation is 1. The molecule has 2 aromatic rings. The van der Waals surface area contributed by atoms with Crippen molar-refractivity contribution in [1.29, 1.82) is 0 Å². The summed E-state index contributed by atoms with van der Waals surface area (Å²) in [7, 11) is 0. The maximum atomic E-state index is 12.3. The van der Waals surface area contributed by atoms with E-state index in [4.69, 9.17) is 0 Å². The van der Waals surface area contributed by atoms with Crippen LogP contribution in [0.1, 0.15) is 63.1 Å². The van der Waals surface area contributed by atoms with Gasteiger partial charge >= 0.3 is 0 Å². The summed E-state index contributed by atoms with van der Waals surface area (Å²) in [5, 5.41) is 4.58. The molecule has 4 heterocycles. The smallest absolute Gasteiger partial charge is 0.255 e. The van der Waals surface area contributed by atoms with E-state index in [9.17, 15) is 28.8 Å². The van der Waals surface area contributed by atoms with Crippen molar-refractivity contribution in [2.24, 2.45) is 0 Å². The summed E-state index contributed by atoms with van der Waals surface area (Å²) in [4.78, 5) is 73.5. The molecule has 10 nitrogen and oxygen atoms in total. The first-order valence-electron chi connectivity index (χ1n) is 12.2. The number of hydrogen-bond acceptors (Lipinski definition) is 6. The van der Waals surface area contributed by atoms with E-state index in [0.717, 1.165) is 16.7 Å². The van der Waals surface area contributed by atoms with Gasteiger partial charge in [0, 0.05) is 37.1 Å². The van der Waals surface area contributed by atoms with Gasteiger partial charge in [0.05, 0.1) is 0 Å². The van der Waals surface area contributed by atoms with Gasteiger partial charge in [-0.25, -0.2) is 0 Å². The summed E-state index contributed by atoms with van der Waals surface area (Å²) >= 11 is 0. The second-order valence-corrected chi connectivity index (χ2v) is 9.62. The summed E-state index contributed by atoms with van der Waals surface area (Å²) in [5.74, 6) is -1.50. The minimum Gasteiger partial charge on any atom is -0.322 e. The standard InChI is InChI=1S/C14H14N2O3.C13H12N2O3/c1-8-2-3-9-7-16(14(19)10(9)6-8)11-4-5-12(17)15-13(11)18;16-11-6-5-10(12(17)14-11)15-7-8-3-1-2-4-9(8)13(15)18/h2-3,6,11H,4-5,7H2,1H3,(H,15,17,18);1-4,10H,5-7H2,(H,14,16,17). The minimum absolute atomic E-state index is 0.117. The van der Waals surface area contributed by atoms with Crippen LogP contribution in [-0.4, -0.2) is 57.3 Å². The third kappa shape index (κ3) is 4.62. The minimum atomic E-state index is -0.530. The van der Waals surface area contributed by atoms with Gasteiger partial charge in [-0.15, -0.1) is 0 Å². The molecular formula is C27H26N4O6. The van der Waals surface area contributed by atoms with E-state index in [-0.39, 0.29) is 48.3 Å². The lowest BCUT2D eigenvalue weighted by Gasteiger charge is -2.29. The van der Waals surface area contributed by atoms with Gasteiger partial charge < -0.3 is 9.80 Å². The highest BCUT2D eigenvalue weighted by atomic mass is 16.2. The molecule has 10 heteroatoms. The number of hydrogen-bond donors (Lipinski definition) is 2. The molecule has 2 saturated heterocycles. The van der Waals surface area contributed by atoms with Gasteiger partial charge in [-0.3, -0.25) is 39.4 Å². The summed E-state index contributed by atoms with van der Waals surface area (Å²) < 4.78 is 0. The Labute approximate surface area is 213 Å². The third-order valence-electron chi connectivity index (χ3n) is 7.12. The molecule has 2 fully saturated rings. The molecule has 0 aromatic heterocycles. The Morgan fingerprint density at radius 2 is 1.19 bits per heavy atom. The molecule has 2 N–H and O–H groups in total. The van der Waals surface area contributed by atoms with Crippen molar-refractivity contribution in [3.8, 4) is 0 Å². The van der Waals surface area contributed by atoms with Gasteiger partial charge in [0.1, 0.15) is 12.1 Å². The molecule has 190 valence electrons. The highest BCUT2D eigenvalue weighted by Gasteiger charge is 2.40. The average molecular weight is 503 g/mol. The van der Waals surface area contributed by atoms with Crippen LogP contribution in [0.4, 0.5) is 0 Å². The quantitative estimate of drug-likeness (QED) is 0.593. The molecule has 2 atom stereocenters. The molecule has 4 aliphatic rings. The second-order valence-electron chi connectivity index (χ2n) is 9.62.